The first-order valence-electron chi connectivity index (χ1n) is 8.13. The Kier molecular flexibility index (Phi) is 6.32. The first kappa shape index (κ1) is 15.6. The topological polar surface area (TPSA) is 44.9 Å². The molecule has 0 fully saturated rings. The number of hydrogen-bond donors (Lipinski definition) is 2. The van der Waals surface area contributed by atoms with Crippen LogP contribution in [-0.2, 0) is 11.2 Å². The molecule has 2 aromatic rings. The molecule has 0 bridgehead atoms. The predicted octanol–water partition coefficient (Wildman–Crippen LogP) is 4.19. The number of rotatable bonds is 9. The number of carbonyl (C=O) groups is 1. The summed E-state index contributed by atoms with van der Waals surface area (Å²) in [5.74, 6) is 0.119. The fraction of sp³-hybridized carbons (Fsp3) is 0.500. The standard InChI is InChI=1S/C18H26N2O/c1-2-3-4-5-6-9-12-19-18(21)13-15-14-20-17-11-8-7-10-16(15)17/h7-8,10-11,14,20H,2-6,9,12-13H2,1H3,(H,19,21). The van der Waals surface area contributed by atoms with E-state index >= 15 is 0 Å². The van der Waals surface area contributed by atoms with Crippen molar-refractivity contribution in [3.05, 3.63) is 36.0 Å². The van der Waals surface area contributed by atoms with Gasteiger partial charge in [0, 0.05) is 23.6 Å². The van der Waals surface area contributed by atoms with Crippen molar-refractivity contribution in [2.45, 2.75) is 51.9 Å². The highest BCUT2D eigenvalue weighted by molar-refractivity contribution is 5.88. The minimum absolute atomic E-state index is 0.119. The van der Waals surface area contributed by atoms with Gasteiger partial charge in [-0.2, -0.15) is 0 Å². The Bertz CT molecular complexity index is 559. The number of para-hydroxylation sites is 1. The van der Waals surface area contributed by atoms with E-state index in [1.807, 2.05) is 24.4 Å². The third kappa shape index (κ3) is 4.92. The minimum Gasteiger partial charge on any atom is -0.361 e. The van der Waals surface area contributed by atoms with Gasteiger partial charge in [-0.3, -0.25) is 4.79 Å². The van der Waals surface area contributed by atoms with E-state index in [9.17, 15) is 4.79 Å². The van der Waals surface area contributed by atoms with Gasteiger partial charge in [0.2, 0.25) is 5.91 Å². The van der Waals surface area contributed by atoms with E-state index in [0.717, 1.165) is 29.4 Å². The van der Waals surface area contributed by atoms with Crippen LogP contribution in [0.2, 0.25) is 0 Å². The normalized spacial score (nSPS) is 10.9. The van der Waals surface area contributed by atoms with Crippen molar-refractivity contribution in [2.75, 3.05) is 6.54 Å². The molecule has 0 atom stereocenters. The number of carbonyl (C=O) groups excluding carboxylic acids is 1. The lowest BCUT2D eigenvalue weighted by Crippen LogP contribution is -2.25. The van der Waals surface area contributed by atoms with E-state index in [1.165, 1.54) is 32.1 Å². The molecule has 21 heavy (non-hydrogen) atoms. The van der Waals surface area contributed by atoms with Crippen molar-refractivity contribution in [3.63, 3.8) is 0 Å². The second-order valence-corrected chi connectivity index (χ2v) is 5.65. The van der Waals surface area contributed by atoms with Crippen LogP contribution in [0.25, 0.3) is 10.9 Å². The molecule has 0 spiro atoms. The second kappa shape index (κ2) is 8.50. The number of benzene rings is 1. The second-order valence-electron chi connectivity index (χ2n) is 5.65. The summed E-state index contributed by atoms with van der Waals surface area (Å²) < 4.78 is 0. The highest BCUT2D eigenvalue weighted by atomic mass is 16.1. The van der Waals surface area contributed by atoms with Gasteiger partial charge in [0.05, 0.1) is 6.42 Å². The van der Waals surface area contributed by atoms with E-state index < -0.39 is 0 Å². The average molecular weight is 286 g/mol. The maximum absolute atomic E-state index is 12.0. The third-order valence-corrected chi connectivity index (χ3v) is 3.88. The largest absolute Gasteiger partial charge is 0.361 e. The molecule has 1 aromatic heterocycles. The van der Waals surface area contributed by atoms with Crippen molar-refractivity contribution >= 4 is 16.8 Å². The zero-order valence-electron chi connectivity index (χ0n) is 13.0. The molecular weight excluding hydrogens is 260 g/mol. The van der Waals surface area contributed by atoms with Crippen molar-refractivity contribution in [3.8, 4) is 0 Å². The fourth-order valence-corrected chi connectivity index (χ4v) is 2.65. The van der Waals surface area contributed by atoms with Gasteiger partial charge < -0.3 is 10.3 Å². The molecule has 0 saturated carbocycles. The van der Waals surface area contributed by atoms with Crippen LogP contribution in [-0.4, -0.2) is 17.4 Å². The average Bonchev–Trinajstić information content (AvgIpc) is 2.90. The van der Waals surface area contributed by atoms with E-state index in [0.29, 0.717) is 6.42 Å². The van der Waals surface area contributed by atoms with E-state index in [-0.39, 0.29) is 5.91 Å². The summed E-state index contributed by atoms with van der Waals surface area (Å²) in [5, 5.41) is 4.17. The summed E-state index contributed by atoms with van der Waals surface area (Å²) in [6.07, 6.45) is 9.91. The minimum atomic E-state index is 0.119. The molecule has 2 N–H and O–H groups in total. The smallest absolute Gasteiger partial charge is 0.224 e. The fourth-order valence-electron chi connectivity index (χ4n) is 2.65. The van der Waals surface area contributed by atoms with Gasteiger partial charge >= 0.3 is 0 Å². The van der Waals surface area contributed by atoms with Crippen LogP contribution >= 0.6 is 0 Å². The van der Waals surface area contributed by atoms with Gasteiger partial charge in [0.1, 0.15) is 0 Å². The number of aromatic amines is 1. The lowest BCUT2D eigenvalue weighted by atomic mass is 10.1. The number of unbranched alkanes of at least 4 members (excludes halogenated alkanes) is 5. The van der Waals surface area contributed by atoms with Crippen molar-refractivity contribution in [2.24, 2.45) is 0 Å². The number of nitrogens with one attached hydrogen (secondary N) is 2. The zero-order valence-corrected chi connectivity index (χ0v) is 13.0. The summed E-state index contributed by atoms with van der Waals surface area (Å²) in [4.78, 5) is 15.2. The summed E-state index contributed by atoms with van der Waals surface area (Å²) >= 11 is 0. The Labute approximate surface area is 127 Å². The molecule has 1 heterocycles. The summed E-state index contributed by atoms with van der Waals surface area (Å²) in [5.41, 5.74) is 2.17. The van der Waals surface area contributed by atoms with Gasteiger partial charge in [-0.15, -0.1) is 0 Å². The summed E-state index contributed by atoms with van der Waals surface area (Å²) in [6, 6.07) is 8.10. The number of hydrogen-bond acceptors (Lipinski definition) is 1. The predicted molar refractivity (Wildman–Crippen MR) is 88.4 cm³/mol. The molecule has 0 aliphatic heterocycles. The van der Waals surface area contributed by atoms with Crippen LogP contribution in [0.3, 0.4) is 0 Å². The number of aromatic nitrogens is 1. The molecule has 1 amide bonds. The first-order valence-corrected chi connectivity index (χ1v) is 8.13. The molecule has 3 nitrogen and oxygen atoms in total. The molecule has 0 aliphatic rings. The Balaban J connectivity index is 1.68. The van der Waals surface area contributed by atoms with Gasteiger partial charge in [-0.05, 0) is 18.1 Å². The van der Waals surface area contributed by atoms with E-state index in [1.54, 1.807) is 0 Å². The van der Waals surface area contributed by atoms with Crippen LogP contribution in [0, 0.1) is 0 Å². The van der Waals surface area contributed by atoms with Crippen molar-refractivity contribution < 1.29 is 4.79 Å². The van der Waals surface area contributed by atoms with Crippen LogP contribution in [0.5, 0.6) is 0 Å². The lowest BCUT2D eigenvalue weighted by Gasteiger charge is -2.05. The Morgan fingerprint density at radius 2 is 1.86 bits per heavy atom. The van der Waals surface area contributed by atoms with Crippen molar-refractivity contribution in [1.29, 1.82) is 0 Å². The molecule has 0 unspecified atom stereocenters. The number of amides is 1. The highest BCUT2D eigenvalue weighted by Gasteiger charge is 2.07. The van der Waals surface area contributed by atoms with Gasteiger partial charge in [-0.1, -0.05) is 57.2 Å². The third-order valence-electron chi connectivity index (χ3n) is 3.88. The van der Waals surface area contributed by atoms with Gasteiger partial charge in [-0.25, -0.2) is 0 Å². The van der Waals surface area contributed by atoms with Crippen LogP contribution in [0.1, 0.15) is 51.0 Å². The SMILES string of the molecule is CCCCCCCCNC(=O)Cc1c[nH]c2ccccc12. The molecule has 3 heteroatoms. The molecule has 1 aromatic carbocycles. The quantitative estimate of drug-likeness (QED) is 0.667. The van der Waals surface area contributed by atoms with Gasteiger partial charge in [0.15, 0.2) is 0 Å². The number of H-pyrrole nitrogens is 1. The maximum Gasteiger partial charge on any atom is 0.224 e. The lowest BCUT2D eigenvalue weighted by molar-refractivity contribution is -0.120. The van der Waals surface area contributed by atoms with Crippen molar-refractivity contribution in [1.82, 2.24) is 10.3 Å². The summed E-state index contributed by atoms with van der Waals surface area (Å²) in [7, 11) is 0. The molecule has 0 radical (unpaired) electrons. The van der Waals surface area contributed by atoms with Crippen LogP contribution in [0.15, 0.2) is 30.5 Å². The maximum atomic E-state index is 12.0. The van der Waals surface area contributed by atoms with Crippen LogP contribution < -0.4 is 5.32 Å². The molecule has 0 saturated heterocycles. The van der Waals surface area contributed by atoms with Crippen LogP contribution in [0.4, 0.5) is 0 Å². The Morgan fingerprint density at radius 1 is 1.10 bits per heavy atom. The van der Waals surface area contributed by atoms with Gasteiger partial charge in [0.25, 0.3) is 0 Å². The highest BCUT2D eigenvalue weighted by Crippen LogP contribution is 2.17. The summed E-state index contributed by atoms with van der Waals surface area (Å²) in [6.45, 7) is 3.03. The number of fused-ring (bicyclic) bond motifs is 1. The molecular formula is C18H26N2O. The zero-order chi connectivity index (χ0) is 14.9. The first-order chi connectivity index (χ1) is 10.3. The Hall–Kier alpha value is -1.77. The molecule has 2 rings (SSSR count). The van der Waals surface area contributed by atoms with E-state index in [2.05, 4.69) is 23.3 Å². The monoisotopic (exact) mass is 286 g/mol. The molecule has 0 aliphatic carbocycles. The van der Waals surface area contributed by atoms with E-state index in [4.69, 9.17) is 0 Å². The Morgan fingerprint density at radius 3 is 2.71 bits per heavy atom. The molecule has 114 valence electrons.